The van der Waals surface area contributed by atoms with Crippen molar-refractivity contribution in [3.8, 4) is 11.5 Å². The Morgan fingerprint density at radius 2 is 1.76 bits per heavy atom. The molecule has 118 valence electrons. The smallest absolute Gasteiger partial charge is 0.146 e. The second-order valence-electron chi connectivity index (χ2n) is 5.72. The number of rotatable bonds is 5. The molecule has 0 spiro atoms. The topological polar surface area (TPSA) is 30.5 Å². The Bertz CT molecular complexity index is 456. The van der Waals surface area contributed by atoms with Crippen molar-refractivity contribution in [2.45, 2.75) is 44.6 Å². The normalized spacial score (nSPS) is 18.1. The summed E-state index contributed by atoms with van der Waals surface area (Å²) in [5, 5.41) is 4.04. The highest BCUT2D eigenvalue weighted by Gasteiger charge is 2.27. The van der Waals surface area contributed by atoms with E-state index >= 15 is 0 Å². The highest BCUT2D eigenvalue weighted by atomic mass is 35.5. The van der Waals surface area contributed by atoms with E-state index in [2.05, 4.69) is 11.4 Å². The summed E-state index contributed by atoms with van der Waals surface area (Å²) in [6.07, 6.45) is 7.86. The minimum absolute atomic E-state index is 0.279. The largest absolute Gasteiger partial charge is 0.495 e. The van der Waals surface area contributed by atoms with Crippen LogP contribution in [-0.2, 0) is 0 Å². The summed E-state index contributed by atoms with van der Waals surface area (Å²) in [5.41, 5.74) is 1.14. The number of nitrogens with one attached hydrogen (secondary N) is 1. The van der Waals surface area contributed by atoms with Crippen LogP contribution in [0.5, 0.6) is 11.5 Å². The van der Waals surface area contributed by atoms with Crippen LogP contribution in [0.3, 0.4) is 0 Å². The van der Waals surface area contributed by atoms with E-state index in [4.69, 9.17) is 21.1 Å². The van der Waals surface area contributed by atoms with Crippen molar-refractivity contribution >= 4 is 11.6 Å². The molecule has 0 bridgehead atoms. The quantitative estimate of drug-likeness (QED) is 0.807. The van der Waals surface area contributed by atoms with Gasteiger partial charge in [0.05, 0.1) is 14.2 Å². The van der Waals surface area contributed by atoms with Gasteiger partial charge in [0.2, 0.25) is 0 Å². The summed E-state index contributed by atoms with van der Waals surface area (Å²) in [5.74, 6) is 2.03. The number of halogens is 1. The number of methoxy groups -OCH3 is 2. The first-order valence-electron chi connectivity index (χ1n) is 7.80. The Kier molecular flexibility index (Phi) is 6.19. The molecule has 1 aromatic rings. The molecule has 1 N–H and O–H groups in total. The van der Waals surface area contributed by atoms with Crippen LogP contribution in [0.15, 0.2) is 12.1 Å². The van der Waals surface area contributed by atoms with E-state index in [1.165, 1.54) is 38.5 Å². The Labute approximate surface area is 133 Å². The van der Waals surface area contributed by atoms with Crippen LogP contribution in [0, 0.1) is 5.92 Å². The lowest BCUT2D eigenvalue weighted by atomic mass is 9.86. The van der Waals surface area contributed by atoms with Gasteiger partial charge in [0, 0.05) is 11.6 Å². The molecule has 21 heavy (non-hydrogen) atoms. The highest BCUT2D eigenvalue weighted by molar-refractivity contribution is 6.33. The van der Waals surface area contributed by atoms with E-state index < -0.39 is 0 Å². The first-order valence-corrected chi connectivity index (χ1v) is 8.18. The highest BCUT2D eigenvalue weighted by Crippen LogP contribution is 2.43. The number of hydrogen-bond donors (Lipinski definition) is 1. The average molecular weight is 312 g/mol. The van der Waals surface area contributed by atoms with Gasteiger partial charge in [-0.1, -0.05) is 37.3 Å². The van der Waals surface area contributed by atoms with Crippen molar-refractivity contribution in [1.82, 2.24) is 5.32 Å². The molecule has 1 aliphatic carbocycles. The third kappa shape index (κ3) is 3.64. The number of hydrogen-bond acceptors (Lipinski definition) is 3. The van der Waals surface area contributed by atoms with Crippen LogP contribution in [-0.4, -0.2) is 21.3 Å². The van der Waals surface area contributed by atoms with Crippen LogP contribution in [0.1, 0.15) is 50.1 Å². The lowest BCUT2D eigenvalue weighted by molar-refractivity contribution is 0.325. The predicted molar refractivity (Wildman–Crippen MR) is 87.5 cm³/mol. The van der Waals surface area contributed by atoms with Crippen LogP contribution >= 0.6 is 11.6 Å². The first kappa shape index (κ1) is 16.4. The van der Waals surface area contributed by atoms with Gasteiger partial charge in [0.25, 0.3) is 0 Å². The van der Waals surface area contributed by atoms with Crippen LogP contribution in [0.25, 0.3) is 0 Å². The molecule has 1 fully saturated rings. The maximum Gasteiger partial charge on any atom is 0.146 e. The SMILES string of the molecule is CNC(c1ccc(OC)c(Cl)c1OC)C1CCCCCC1. The second-order valence-corrected chi connectivity index (χ2v) is 6.10. The summed E-state index contributed by atoms with van der Waals surface area (Å²) in [6.45, 7) is 0. The van der Waals surface area contributed by atoms with E-state index in [0.29, 0.717) is 16.7 Å². The summed E-state index contributed by atoms with van der Waals surface area (Å²) < 4.78 is 10.9. The lowest BCUT2D eigenvalue weighted by Gasteiger charge is -2.28. The fraction of sp³-hybridized carbons (Fsp3) is 0.647. The molecule has 3 nitrogen and oxygen atoms in total. The summed E-state index contributed by atoms with van der Waals surface area (Å²) >= 11 is 6.41. The van der Waals surface area contributed by atoms with Crippen molar-refractivity contribution in [3.05, 3.63) is 22.7 Å². The summed E-state index contributed by atoms with van der Waals surface area (Å²) in [4.78, 5) is 0. The minimum Gasteiger partial charge on any atom is -0.495 e. The molecule has 4 heteroatoms. The van der Waals surface area contributed by atoms with Gasteiger partial charge in [-0.2, -0.15) is 0 Å². The van der Waals surface area contributed by atoms with Gasteiger partial charge in [-0.15, -0.1) is 0 Å². The molecule has 0 saturated heterocycles. The third-order valence-corrected chi connectivity index (χ3v) is 4.89. The molecule has 2 rings (SSSR count). The maximum absolute atomic E-state index is 6.41. The Morgan fingerprint density at radius 1 is 1.10 bits per heavy atom. The Balaban J connectivity index is 2.34. The van der Waals surface area contributed by atoms with Gasteiger partial charge >= 0.3 is 0 Å². The van der Waals surface area contributed by atoms with Gasteiger partial charge in [-0.25, -0.2) is 0 Å². The van der Waals surface area contributed by atoms with Crippen LogP contribution in [0.2, 0.25) is 5.02 Å². The van der Waals surface area contributed by atoms with Gasteiger partial charge in [0.1, 0.15) is 16.5 Å². The molecule has 0 heterocycles. The van der Waals surface area contributed by atoms with E-state index in [1.54, 1.807) is 14.2 Å². The molecule has 1 aromatic carbocycles. The fourth-order valence-electron chi connectivity index (χ4n) is 3.45. The van der Waals surface area contributed by atoms with Crippen molar-refractivity contribution in [1.29, 1.82) is 0 Å². The minimum atomic E-state index is 0.279. The first-order chi connectivity index (χ1) is 10.2. The molecule has 0 radical (unpaired) electrons. The molecule has 0 aliphatic heterocycles. The van der Waals surface area contributed by atoms with Gasteiger partial charge < -0.3 is 14.8 Å². The van der Waals surface area contributed by atoms with Crippen molar-refractivity contribution in [3.63, 3.8) is 0 Å². The van der Waals surface area contributed by atoms with Crippen molar-refractivity contribution < 1.29 is 9.47 Å². The zero-order valence-corrected chi connectivity index (χ0v) is 14.0. The third-order valence-electron chi connectivity index (χ3n) is 4.53. The van der Waals surface area contributed by atoms with E-state index in [-0.39, 0.29) is 6.04 Å². The van der Waals surface area contributed by atoms with Crippen molar-refractivity contribution in [2.75, 3.05) is 21.3 Å². The molecule has 1 atom stereocenters. The molecule has 1 saturated carbocycles. The van der Waals surface area contributed by atoms with Crippen LogP contribution in [0.4, 0.5) is 0 Å². The van der Waals surface area contributed by atoms with Crippen LogP contribution < -0.4 is 14.8 Å². The molecule has 0 amide bonds. The van der Waals surface area contributed by atoms with Crippen molar-refractivity contribution in [2.24, 2.45) is 5.92 Å². The average Bonchev–Trinajstić information content (AvgIpc) is 2.78. The van der Waals surface area contributed by atoms with E-state index in [1.807, 2.05) is 13.1 Å². The lowest BCUT2D eigenvalue weighted by Crippen LogP contribution is -2.25. The maximum atomic E-state index is 6.41. The van der Waals surface area contributed by atoms with E-state index in [9.17, 15) is 0 Å². The number of ether oxygens (including phenoxy) is 2. The Morgan fingerprint density at radius 3 is 2.29 bits per heavy atom. The van der Waals surface area contributed by atoms with Gasteiger partial charge in [-0.3, -0.25) is 0 Å². The zero-order chi connectivity index (χ0) is 15.2. The zero-order valence-electron chi connectivity index (χ0n) is 13.2. The molecule has 0 aromatic heterocycles. The Hall–Kier alpha value is -0.930. The molecule has 1 aliphatic rings. The second kappa shape index (κ2) is 7.90. The van der Waals surface area contributed by atoms with Gasteiger partial charge in [0.15, 0.2) is 0 Å². The standard InChI is InChI=1S/C17H26ClNO2/c1-19-16(12-8-6-4-5-7-9-12)13-10-11-14(20-2)15(18)17(13)21-3/h10-12,16,19H,4-9H2,1-3H3. The summed E-state index contributed by atoms with van der Waals surface area (Å²) in [7, 11) is 5.32. The molecular formula is C17H26ClNO2. The fourth-order valence-corrected chi connectivity index (χ4v) is 3.78. The monoisotopic (exact) mass is 311 g/mol. The van der Waals surface area contributed by atoms with E-state index in [0.717, 1.165) is 11.3 Å². The molecular weight excluding hydrogens is 286 g/mol. The summed E-state index contributed by atoms with van der Waals surface area (Å²) in [6, 6.07) is 4.29. The van der Waals surface area contributed by atoms with Gasteiger partial charge in [-0.05, 0) is 37.9 Å². The molecule has 1 unspecified atom stereocenters. The number of benzene rings is 1. The predicted octanol–water partition coefficient (Wildman–Crippen LogP) is 4.59.